The fourth-order valence-electron chi connectivity index (χ4n) is 1.82. The molecule has 0 aromatic carbocycles. The number of nitrogens with two attached hydrogens (primary N) is 1. The molecule has 1 aliphatic rings. The van der Waals surface area contributed by atoms with Gasteiger partial charge in [0.1, 0.15) is 5.71 Å². The molecule has 0 saturated heterocycles. The number of rotatable bonds is 5. The highest BCUT2D eigenvalue weighted by Crippen LogP contribution is 2.23. The fourth-order valence-corrected chi connectivity index (χ4v) is 1.82. The summed E-state index contributed by atoms with van der Waals surface area (Å²) in [4.78, 5) is 11.2. The average Bonchev–Trinajstić information content (AvgIpc) is 2.30. The first-order chi connectivity index (χ1) is 8.06. The lowest BCUT2D eigenvalue weighted by Crippen LogP contribution is -2.32. The molecular formula is C12H18N4O. The summed E-state index contributed by atoms with van der Waals surface area (Å²) < 4.78 is 0. The number of hydrogen-bond donors (Lipinski definition) is 4. The average molecular weight is 234 g/mol. The molecule has 5 nitrogen and oxygen atoms in total. The molecule has 0 radical (unpaired) electrons. The summed E-state index contributed by atoms with van der Waals surface area (Å²) in [6.07, 6.45) is 6.65. The van der Waals surface area contributed by atoms with Crippen molar-refractivity contribution in [3.8, 4) is 0 Å². The summed E-state index contributed by atoms with van der Waals surface area (Å²) in [7, 11) is 0. The minimum atomic E-state index is -0.251. The Morgan fingerprint density at radius 1 is 1.59 bits per heavy atom. The Labute approximate surface area is 101 Å². The second-order valence-corrected chi connectivity index (χ2v) is 4.07. The maximum Gasteiger partial charge on any atom is 0.177 e. The second kappa shape index (κ2) is 5.98. The van der Waals surface area contributed by atoms with Gasteiger partial charge in [0.15, 0.2) is 5.78 Å². The second-order valence-electron chi connectivity index (χ2n) is 4.07. The number of ketones is 1. The van der Waals surface area contributed by atoms with Gasteiger partial charge in [0.05, 0.1) is 0 Å². The molecule has 5 N–H and O–H groups in total. The summed E-state index contributed by atoms with van der Waals surface area (Å²) in [6, 6.07) is 0.174. The molecule has 1 unspecified atom stereocenters. The van der Waals surface area contributed by atoms with Crippen LogP contribution in [0, 0.1) is 10.8 Å². The SMILES string of the molecule is CC(=O)C(=N)C1=C(N)CCC(N/C=C\C=N)C1. The van der Waals surface area contributed by atoms with Gasteiger partial charge >= 0.3 is 0 Å². The maximum atomic E-state index is 11.2. The third-order valence-corrected chi connectivity index (χ3v) is 2.78. The van der Waals surface area contributed by atoms with Crippen molar-refractivity contribution in [1.82, 2.24) is 5.32 Å². The molecule has 1 atom stereocenters. The van der Waals surface area contributed by atoms with Gasteiger partial charge in [-0.05, 0) is 31.5 Å². The fraction of sp³-hybridized carbons (Fsp3) is 0.417. The van der Waals surface area contributed by atoms with Gasteiger partial charge in [0.2, 0.25) is 0 Å². The molecule has 0 aromatic heterocycles. The predicted octanol–water partition coefficient (Wildman–Crippen LogP) is 1.11. The van der Waals surface area contributed by atoms with E-state index in [1.165, 1.54) is 13.1 Å². The topological polar surface area (TPSA) is 103 Å². The largest absolute Gasteiger partial charge is 0.402 e. The smallest absolute Gasteiger partial charge is 0.177 e. The standard InChI is InChI=1S/C12H18N4O/c1-8(17)12(15)10-7-9(3-4-11(10)14)16-6-2-5-13/h2,5-6,9,13,15-16H,3-4,7,14H2,1H3/b6-2-,13-5?,15-12?. The van der Waals surface area contributed by atoms with Crippen molar-refractivity contribution in [2.75, 3.05) is 0 Å². The van der Waals surface area contributed by atoms with E-state index in [-0.39, 0.29) is 17.5 Å². The van der Waals surface area contributed by atoms with Gasteiger partial charge in [-0.2, -0.15) is 0 Å². The van der Waals surface area contributed by atoms with E-state index in [1.54, 1.807) is 12.3 Å². The van der Waals surface area contributed by atoms with Crippen molar-refractivity contribution in [2.24, 2.45) is 5.73 Å². The Morgan fingerprint density at radius 3 is 2.88 bits per heavy atom. The van der Waals surface area contributed by atoms with E-state index in [9.17, 15) is 4.79 Å². The van der Waals surface area contributed by atoms with E-state index in [0.717, 1.165) is 6.42 Å². The predicted molar refractivity (Wildman–Crippen MR) is 68.3 cm³/mol. The van der Waals surface area contributed by atoms with Gasteiger partial charge in [-0.15, -0.1) is 0 Å². The Bertz CT molecular complexity index is 395. The highest BCUT2D eigenvalue weighted by molar-refractivity contribution is 6.44. The van der Waals surface area contributed by atoms with Crippen LogP contribution < -0.4 is 11.1 Å². The molecule has 1 rings (SSSR count). The Morgan fingerprint density at radius 2 is 2.29 bits per heavy atom. The van der Waals surface area contributed by atoms with Crippen LogP contribution in [0.2, 0.25) is 0 Å². The lowest BCUT2D eigenvalue weighted by Gasteiger charge is -2.25. The molecule has 0 spiro atoms. The number of nitrogens with one attached hydrogen (secondary N) is 3. The molecule has 0 amide bonds. The number of allylic oxidation sites excluding steroid dienone is 2. The van der Waals surface area contributed by atoms with E-state index in [1.807, 2.05) is 0 Å². The monoisotopic (exact) mass is 234 g/mol. The van der Waals surface area contributed by atoms with E-state index in [2.05, 4.69) is 5.32 Å². The van der Waals surface area contributed by atoms with Crippen LogP contribution in [0.25, 0.3) is 0 Å². The Balaban J connectivity index is 2.70. The molecule has 0 heterocycles. The third-order valence-electron chi connectivity index (χ3n) is 2.78. The Hall–Kier alpha value is -1.91. The molecular weight excluding hydrogens is 216 g/mol. The highest BCUT2D eigenvalue weighted by Gasteiger charge is 2.23. The van der Waals surface area contributed by atoms with Crippen molar-refractivity contribution in [2.45, 2.75) is 32.2 Å². The lowest BCUT2D eigenvalue weighted by molar-refractivity contribution is -0.111. The zero-order valence-corrected chi connectivity index (χ0v) is 9.92. The highest BCUT2D eigenvalue weighted by atomic mass is 16.1. The molecule has 5 heteroatoms. The van der Waals surface area contributed by atoms with E-state index >= 15 is 0 Å². The molecule has 0 fully saturated rings. The number of carbonyl (C=O) groups excluding carboxylic acids is 1. The molecule has 0 aliphatic heterocycles. The van der Waals surface area contributed by atoms with Crippen molar-refractivity contribution < 1.29 is 4.79 Å². The van der Waals surface area contributed by atoms with Gasteiger partial charge in [0, 0.05) is 30.5 Å². The van der Waals surface area contributed by atoms with Crippen LogP contribution >= 0.6 is 0 Å². The number of Topliss-reactive ketones (excluding diaryl/α,β-unsaturated/α-hetero) is 1. The minimum absolute atomic E-state index is 0.0185. The summed E-state index contributed by atoms with van der Waals surface area (Å²) >= 11 is 0. The third kappa shape index (κ3) is 3.55. The molecule has 0 bridgehead atoms. The summed E-state index contributed by atoms with van der Waals surface area (Å²) in [6.45, 7) is 1.38. The normalized spacial score (nSPS) is 20.4. The molecule has 1 aliphatic carbocycles. The summed E-state index contributed by atoms with van der Waals surface area (Å²) in [5.41, 5.74) is 7.17. The van der Waals surface area contributed by atoms with Crippen LogP contribution in [0.15, 0.2) is 23.5 Å². The summed E-state index contributed by atoms with van der Waals surface area (Å²) in [5, 5.41) is 17.7. The molecule has 0 aromatic rings. The zero-order valence-electron chi connectivity index (χ0n) is 9.92. The van der Waals surface area contributed by atoms with E-state index in [4.69, 9.17) is 16.6 Å². The van der Waals surface area contributed by atoms with Crippen LogP contribution in [0.5, 0.6) is 0 Å². The molecule has 92 valence electrons. The van der Waals surface area contributed by atoms with Crippen LogP contribution in [-0.2, 0) is 4.79 Å². The van der Waals surface area contributed by atoms with Gasteiger partial charge in [0.25, 0.3) is 0 Å². The van der Waals surface area contributed by atoms with Crippen LogP contribution in [-0.4, -0.2) is 23.8 Å². The summed E-state index contributed by atoms with van der Waals surface area (Å²) in [5.74, 6) is -0.251. The van der Waals surface area contributed by atoms with Gasteiger partial charge in [-0.3, -0.25) is 10.2 Å². The Kier molecular flexibility index (Phi) is 4.63. The van der Waals surface area contributed by atoms with Gasteiger partial charge < -0.3 is 16.5 Å². The van der Waals surface area contributed by atoms with Crippen molar-refractivity contribution in [3.05, 3.63) is 23.5 Å². The minimum Gasteiger partial charge on any atom is -0.402 e. The molecule has 17 heavy (non-hydrogen) atoms. The van der Waals surface area contributed by atoms with Crippen LogP contribution in [0.3, 0.4) is 0 Å². The zero-order chi connectivity index (χ0) is 12.8. The van der Waals surface area contributed by atoms with E-state index in [0.29, 0.717) is 24.1 Å². The maximum absolute atomic E-state index is 11.2. The van der Waals surface area contributed by atoms with Crippen LogP contribution in [0.1, 0.15) is 26.2 Å². The first-order valence-corrected chi connectivity index (χ1v) is 5.55. The lowest BCUT2D eigenvalue weighted by atomic mass is 9.88. The quantitative estimate of drug-likeness (QED) is 0.536. The van der Waals surface area contributed by atoms with Gasteiger partial charge in [-0.25, -0.2) is 0 Å². The van der Waals surface area contributed by atoms with E-state index < -0.39 is 0 Å². The number of hydrogen-bond acceptors (Lipinski definition) is 5. The number of carbonyl (C=O) groups is 1. The molecule has 0 saturated carbocycles. The van der Waals surface area contributed by atoms with Crippen molar-refractivity contribution >= 4 is 17.7 Å². The van der Waals surface area contributed by atoms with Crippen molar-refractivity contribution in [3.63, 3.8) is 0 Å². The first kappa shape index (κ1) is 13.2. The first-order valence-electron chi connectivity index (χ1n) is 5.55. The van der Waals surface area contributed by atoms with Crippen LogP contribution in [0.4, 0.5) is 0 Å². The van der Waals surface area contributed by atoms with Gasteiger partial charge in [-0.1, -0.05) is 0 Å². The van der Waals surface area contributed by atoms with Crippen molar-refractivity contribution in [1.29, 1.82) is 10.8 Å².